The number of unbranched alkanes of at least 4 members (excludes halogenated alkanes) is 5. The van der Waals surface area contributed by atoms with Crippen LogP contribution in [-0.4, -0.2) is 19.5 Å². The minimum Gasteiger partial charge on any atom is -0.388 e. The van der Waals surface area contributed by atoms with Gasteiger partial charge < -0.3 is 10.6 Å². The van der Waals surface area contributed by atoms with Crippen molar-refractivity contribution in [3.63, 3.8) is 0 Å². The normalized spacial score (nSPS) is 10.3. The van der Waals surface area contributed by atoms with Gasteiger partial charge >= 0.3 is 0 Å². The van der Waals surface area contributed by atoms with Crippen LogP contribution in [0, 0.1) is 6.92 Å². The average molecular weight is 276 g/mol. The van der Waals surface area contributed by atoms with Gasteiger partial charge in [-0.3, -0.25) is 4.79 Å². The van der Waals surface area contributed by atoms with Crippen LogP contribution >= 0.6 is 0 Å². The molecule has 0 heterocycles. The predicted molar refractivity (Wildman–Crippen MR) is 86.4 cm³/mol. The largest absolute Gasteiger partial charge is 0.388 e. The van der Waals surface area contributed by atoms with Crippen LogP contribution in [0.4, 0.5) is 5.69 Å². The van der Waals surface area contributed by atoms with Crippen LogP contribution in [0.3, 0.4) is 0 Å². The van der Waals surface area contributed by atoms with Crippen molar-refractivity contribution in [3.05, 3.63) is 29.3 Å². The van der Waals surface area contributed by atoms with Gasteiger partial charge in [-0.2, -0.15) is 0 Å². The van der Waals surface area contributed by atoms with Crippen molar-refractivity contribution < 1.29 is 4.79 Å². The Labute approximate surface area is 123 Å². The molecule has 1 rings (SSSR count). The van der Waals surface area contributed by atoms with Crippen molar-refractivity contribution in [3.8, 4) is 0 Å². The van der Waals surface area contributed by atoms with E-state index in [0.29, 0.717) is 0 Å². The number of hydrogen-bond acceptors (Lipinski definition) is 2. The fourth-order valence-corrected chi connectivity index (χ4v) is 2.28. The third-order valence-corrected chi connectivity index (χ3v) is 3.58. The molecule has 1 aromatic carbocycles. The van der Waals surface area contributed by atoms with E-state index in [-0.39, 0.29) is 5.91 Å². The number of rotatable bonds is 9. The van der Waals surface area contributed by atoms with E-state index in [4.69, 9.17) is 0 Å². The number of aryl methyl sites for hydroxylation is 1. The summed E-state index contributed by atoms with van der Waals surface area (Å²) in [6, 6.07) is 5.82. The Morgan fingerprint density at radius 2 is 1.80 bits per heavy atom. The number of nitrogens with one attached hydrogen (secondary N) is 2. The fourth-order valence-electron chi connectivity index (χ4n) is 2.28. The zero-order chi connectivity index (χ0) is 14.8. The minimum absolute atomic E-state index is 0.0405. The van der Waals surface area contributed by atoms with E-state index in [1.165, 1.54) is 32.1 Å². The van der Waals surface area contributed by atoms with Gasteiger partial charge in [0.25, 0.3) is 5.91 Å². The van der Waals surface area contributed by atoms with Gasteiger partial charge in [0, 0.05) is 24.8 Å². The molecule has 0 spiro atoms. The summed E-state index contributed by atoms with van der Waals surface area (Å²) in [5, 5.41) is 6.09. The number of anilines is 1. The first-order valence-electron chi connectivity index (χ1n) is 7.75. The Hall–Kier alpha value is -1.51. The molecule has 3 heteroatoms. The second-order valence-corrected chi connectivity index (χ2v) is 5.30. The molecule has 0 aromatic heterocycles. The van der Waals surface area contributed by atoms with Crippen molar-refractivity contribution >= 4 is 11.6 Å². The molecule has 0 bridgehead atoms. The minimum atomic E-state index is 0.0405. The summed E-state index contributed by atoms with van der Waals surface area (Å²) in [4.78, 5) is 12.1. The Balaban J connectivity index is 2.29. The molecule has 0 saturated heterocycles. The molecular weight excluding hydrogens is 248 g/mol. The molecule has 0 aliphatic rings. The summed E-state index contributed by atoms with van der Waals surface area (Å²) in [6.45, 7) is 4.97. The quantitative estimate of drug-likeness (QED) is 0.666. The van der Waals surface area contributed by atoms with Crippen LogP contribution in [0.15, 0.2) is 18.2 Å². The van der Waals surface area contributed by atoms with E-state index >= 15 is 0 Å². The standard InChI is InChI=1S/C17H28N2O/c1-4-5-6-7-8-9-12-19-17(20)16-11-10-15(18-3)13-14(16)2/h10-11,13,18H,4-9,12H2,1-3H3,(H,19,20). The topological polar surface area (TPSA) is 41.1 Å². The van der Waals surface area contributed by atoms with E-state index < -0.39 is 0 Å². The molecule has 0 unspecified atom stereocenters. The van der Waals surface area contributed by atoms with E-state index in [1.807, 2.05) is 32.2 Å². The van der Waals surface area contributed by atoms with Crippen molar-refractivity contribution in [2.75, 3.05) is 18.9 Å². The van der Waals surface area contributed by atoms with Crippen LogP contribution < -0.4 is 10.6 Å². The molecule has 2 N–H and O–H groups in total. The van der Waals surface area contributed by atoms with Gasteiger partial charge in [-0.1, -0.05) is 39.0 Å². The summed E-state index contributed by atoms with van der Waals surface area (Å²) in [5.41, 5.74) is 2.82. The average Bonchev–Trinajstić information content (AvgIpc) is 2.45. The monoisotopic (exact) mass is 276 g/mol. The van der Waals surface area contributed by atoms with Gasteiger partial charge in [-0.05, 0) is 37.1 Å². The second-order valence-electron chi connectivity index (χ2n) is 5.30. The molecule has 1 amide bonds. The van der Waals surface area contributed by atoms with E-state index in [2.05, 4.69) is 17.6 Å². The third kappa shape index (κ3) is 5.64. The SMILES string of the molecule is CCCCCCCCNC(=O)c1ccc(NC)cc1C. The molecule has 0 aliphatic carbocycles. The molecule has 0 fully saturated rings. The molecule has 112 valence electrons. The van der Waals surface area contributed by atoms with E-state index in [9.17, 15) is 4.79 Å². The zero-order valence-electron chi connectivity index (χ0n) is 13.1. The van der Waals surface area contributed by atoms with Gasteiger partial charge in [0.1, 0.15) is 0 Å². The van der Waals surface area contributed by atoms with Crippen molar-refractivity contribution in [2.45, 2.75) is 52.4 Å². The lowest BCUT2D eigenvalue weighted by Crippen LogP contribution is -2.25. The van der Waals surface area contributed by atoms with Crippen molar-refractivity contribution in [1.29, 1.82) is 0 Å². The number of carbonyl (C=O) groups excluding carboxylic acids is 1. The highest BCUT2D eigenvalue weighted by atomic mass is 16.1. The first-order valence-corrected chi connectivity index (χ1v) is 7.75. The fraction of sp³-hybridized carbons (Fsp3) is 0.588. The Bertz CT molecular complexity index is 415. The predicted octanol–water partition coefficient (Wildman–Crippen LogP) is 4.13. The maximum atomic E-state index is 12.1. The van der Waals surface area contributed by atoms with Crippen LogP contribution in [0.2, 0.25) is 0 Å². The van der Waals surface area contributed by atoms with Crippen LogP contribution in [0.5, 0.6) is 0 Å². The summed E-state index contributed by atoms with van der Waals surface area (Å²) in [6.07, 6.45) is 7.47. The molecular formula is C17H28N2O. The molecule has 0 aliphatic heterocycles. The third-order valence-electron chi connectivity index (χ3n) is 3.58. The molecule has 0 saturated carbocycles. The summed E-state index contributed by atoms with van der Waals surface area (Å²) < 4.78 is 0. The van der Waals surface area contributed by atoms with Gasteiger partial charge in [-0.15, -0.1) is 0 Å². The number of carbonyl (C=O) groups is 1. The van der Waals surface area contributed by atoms with E-state index in [1.54, 1.807) is 0 Å². The molecule has 3 nitrogen and oxygen atoms in total. The summed E-state index contributed by atoms with van der Waals surface area (Å²) >= 11 is 0. The number of amides is 1. The Morgan fingerprint density at radius 1 is 1.10 bits per heavy atom. The zero-order valence-corrected chi connectivity index (χ0v) is 13.1. The molecule has 0 radical (unpaired) electrons. The Kier molecular flexibility index (Phi) is 7.78. The van der Waals surface area contributed by atoms with E-state index in [0.717, 1.165) is 29.8 Å². The highest BCUT2D eigenvalue weighted by Crippen LogP contribution is 2.14. The number of benzene rings is 1. The Morgan fingerprint density at radius 3 is 2.45 bits per heavy atom. The second kappa shape index (κ2) is 9.40. The smallest absolute Gasteiger partial charge is 0.251 e. The lowest BCUT2D eigenvalue weighted by molar-refractivity contribution is 0.0952. The highest BCUT2D eigenvalue weighted by Gasteiger charge is 2.08. The maximum absolute atomic E-state index is 12.1. The first-order chi connectivity index (χ1) is 9.69. The van der Waals surface area contributed by atoms with Crippen molar-refractivity contribution in [1.82, 2.24) is 5.32 Å². The summed E-state index contributed by atoms with van der Waals surface area (Å²) in [5.74, 6) is 0.0405. The lowest BCUT2D eigenvalue weighted by Gasteiger charge is -2.09. The van der Waals surface area contributed by atoms with Gasteiger partial charge in [0.15, 0.2) is 0 Å². The molecule has 0 atom stereocenters. The molecule has 20 heavy (non-hydrogen) atoms. The summed E-state index contributed by atoms with van der Waals surface area (Å²) in [7, 11) is 1.88. The van der Waals surface area contributed by atoms with Crippen molar-refractivity contribution in [2.24, 2.45) is 0 Å². The van der Waals surface area contributed by atoms with Gasteiger partial charge in [0.2, 0.25) is 0 Å². The maximum Gasteiger partial charge on any atom is 0.251 e. The molecule has 1 aromatic rings. The van der Waals surface area contributed by atoms with Crippen LogP contribution in [-0.2, 0) is 0 Å². The lowest BCUT2D eigenvalue weighted by atomic mass is 10.1. The van der Waals surface area contributed by atoms with Gasteiger partial charge in [-0.25, -0.2) is 0 Å². The number of hydrogen-bond donors (Lipinski definition) is 2. The van der Waals surface area contributed by atoms with Crippen LogP contribution in [0.25, 0.3) is 0 Å². The van der Waals surface area contributed by atoms with Gasteiger partial charge in [0.05, 0.1) is 0 Å². The first kappa shape index (κ1) is 16.5. The highest BCUT2D eigenvalue weighted by molar-refractivity contribution is 5.96. The van der Waals surface area contributed by atoms with Crippen LogP contribution in [0.1, 0.15) is 61.4 Å².